The molecule has 4 aromatic rings. The van der Waals surface area contributed by atoms with E-state index in [2.05, 4.69) is 42.6 Å². The van der Waals surface area contributed by atoms with Gasteiger partial charge in [0.15, 0.2) is 0 Å². The van der Waals surface area contributed by atoms with Crippen LogP contribution in [0.4, 0.5) is 9.18 Å². The molecule has 1 aliphatic heterocycles. The van der Waals surface area contributed by atoms with E-state index in [1.807, 2.05) is 24.3 Å². The number of ether oxygens (including phenoxy) is 1. The normalized spacial score (nSPS) is 18.1. The van der Waals surface area contributed by atoms with Crippen LogP contribution >= 0.6 is 0 Å². The summed E-state index contributed by atoms with van der Waals surface area (Å²) in [5.74, 6) is -0.790. The molecule has 200 valence electrons. The van der Waals surface area contributed by atoms with Crippen molar-refractivity contribution in [3.8, 4) is 5.75 Å². The van der Waals surface area contributed by atoms with E-state index in [0.29, 0.717) is 31.8 Å². The van der Waals surface area contributed by atoms with Crippen molar-refractivity contribution >= 4 is 22.8 Å². The highest BCUT2D eigenvalue weighted by Gasteiger charge is 2.33. The Morgan fingerprint density at radius 2 is 1.72 bits per heavy atom. The summed E-state index contributed by atoms with van der Waals surface area (Å²) in [6.45, 7) is 3.78. The molecule has 1 amide bonds. The largest absolute Gasteiger partial charge is 0.478 e. The average Bonchev–Trinajstić information content (AvgIpc) is 2.96. The summed E-state index contributed by atoms with van der Waals surface area (Å²) >= 11 is 0. The second kappa shape index (κ2) is 11.7. The number of hydrogen-bond acceptors (Lipinski definition) is 4. The van der Waals surface area contributed by atoms with Gasteiger partial charge in [-0.2, -0.15) is 0 Å². The Kier molecular flexibility index (Phi) is 7.89. The molecule has 1 heterocycles. The van der Waals surface area contributed by atoms with Gasteiger partial charge in [0.05, 0.1) is 5.56 Å². The Balaban J connectivity index is 1.31. The molecular formula is C32H31FN2O4. The van der Waals surface area contributed by atoms with Crippen molar-refractivity contribution in [2.75, 3.05) is 19.6 Å². The number of rotatable bonds is 7. The molecule has 0 bridgehead atoms. The van der Waals surface area contributed by atoms with Crippen LogP contribution in [0.2, 0.25) is 0 Å². The third-order valence-electron chi connectivity index (χ3n) is 7.57. The van der Waals surface area contributed by atoms with Gasteiger partial charge >= 0.3 is 12.1 Å². The number of carbonyl (C=O) groups excluding carboxylic acids is 1. The number of nitrogens with one attached hydrogen (secondary N) is 1. The van der Waals surface area contributed by atoms with Crippen LogP contribution in [-0.4, -0.2) is 41.7 Å². The molecule has 2 unspecified atom stereocenters. The number of fused-ring (bicyclic) bond motifs is 1. The quantitative estimate of drug-likeness (QED) is 0.283. The van der Waals surface area contributed by atoms with Crippen molar-refractivity contribution in [2.24, 2.45) is 5.92 Å². The Bertz CT molecular complexity index is 1450. The van der Waals surface area contributed by atoms with Crippen LogP contribution < -0.4 is 10.1 Å². The lowest BCUT2D eigenvalue weighted by Crippen LogP contribution is -2.47. The monoisotopic (exact) mass is 526 g/mol. The van der Waals surface area contributed by atoms with Crippen LogP contribution in [0.5, 0.6) is 5.75 Å². The number of carboxylic acids is 1. The zero-order valence-corrected chi connectivity index (χ0v) is 21.7. The number of hydrogen-bond donors (Lipinski definition) is 2. The standard InChI is InChI=1S/C32H31FN2O4/c1-21(28-8-4-6-22-5-2-3-7-30(22)28)34-19-25-20-35(18-17-29(25)23-9-13-26(33)14-10-23)32(38)39-27-15-11-24(12-16-27)31(36)37/h2-16,21,25,29,34H,17-20H2,1H3,(H,36,37)/t21-,25?,29?/m1/s1. The Morgan fingerprint density at radius 1 is 1.00 bits per heavy atom. The summed E-state index contributed by atoms with van der Waals surface area (Å²) in [5.41, 5.74) is 2.39. The second-order valence-corrected chi connectivity index (χ2v) is 10.0. The first-order chi connectivity index (χ1) is 18.9. The Morgan fingerprint density at radius 3 is 2.46 bits per heavy atom. The van der Waals surface area contributed by atoms with Gasteiger partial charge in [-0.3, -0.25) is 0 Å². The molecule has 0 radical (unpaired) electrons. The van der Waals surface area contributed by atoms with Gasteiger partial charge in [0.1, 0.15) is 11.6 Å². The van der Waals surface area contributed by atoms with Gasteiger partial charge in [-0.05, 0) is 83.5 Å². The van der Waals surface area contributed by atoms with Gasteiger partial charge in [-0.25, -0.2) is 14.0 Å². The fourth-order valence-corrected chi connectivity index (χ4v) is 5.45. The molecule has 1 aliphatic rings. The third kappa shape index (κ3) is 6.10. The number of halogens is 1. The number of aromatic carboxylic acids is 1. The first-order valence-electron chi connectivity index (χ1n) is 13.2. The maximum Gasteiger partial charge on any atom is 0.415 e. The van der Waals surface area contributed by atoms with E-state index in [9.17, 15) is 14.0 Å². The van der Waals surface area contributed by atoms with E-state index >= 15 is 0 Å². The van der Waals surface area contributed by atoms with E-state index < -0.39 is 12.1 Å². The number of benzene rings is 4. The highest BCUT2D eigenvalue weighted by atomic mass is 19.1. The van der Waals surface area contributed by atoms with Crippen molar-refractivity contribution in [2.45, 2.75) is 25.3 Å². The molecule has 7 heteroatoms. The predicted octanol–water partition coefficient (Wildman–Crippen LogP) is 6.63. The first-order valence-corrected chi connectivity index (χ1v) is 13.2. The van der Waals surface area contributed by atoms with Gasteiger partial charge < -0.3 is 20.1 Å². The molecule has 0 spiro atoms. The number of carboxylic acid groups (broad SMARTS) is 1. The Hall–Kier alpha value is -4.23. The minimum Gasteiger partial charge on any atom is -0.478 e. The van der Waals surface area contributed by atoms with Gasteiger partial charge in [-0.1, -0.05) is 54.6 Å². The number of amides is 1. The fraction of sp³-hybridized carbons (Fsp3) is 0.250. The molecule has 0 saturated carbocycles. The summed E-state index contributed by atoms with van der Waals surface area (Å²) in [4.78, 5) is 25.8. The van der Waals surface area contributed by atoms with Crippen molar-refractivity contribution in [1.82, 2.24) is 10.2 Å². The number of likely N-dealkylation sites (tertiary alicyclic amines) is 1. The van der Waals surface area contributed by atoms with E-state index in [0.717, 1.165) is 5.56 Å². The molecule has 3 atom stereocenters. The maximum atomic E-state index is 13.7. The van der Waals surface area contributed by atoms with Crippen LogP contribution in [-0.2, 0) is 0 Å². The Labute approximate surface area is 227 Å². The molecule has 1 fully saturated rings. The lowest BCUT2D eigenvalue weighted by atomic mass is 9.80. The van der Waals surface area contributed by atoms with Crippen LogP contribution in [0.15, 0.2) is 91.0 Å². The highest BCUT2D eigenvalue weighted by Crippen LogP contribution is 2.34. The van der Waals surface area contributed by atoms with Crippen molar-refractivity contribution in [1.29, 1.82) is 0 Å². The summed E-state index contributed by atoms with van der Waals surface area (Å²) < 4.78 is 19.2. The lowest BCUT2D eigenvalue weighted by Gasteiger charge is -2.39. The first kappa shape index (κ1) is 26.4. The summed E-state index contributed by atoms with van der Waals surface area (Å²) in [5, 5.41) is 15.2. The average molecular weight is 527 g/mol. The lowest BCUT2D eigenvalue weighted by molar-refractivity contribution is 0.0697. The third-order valence-corrected chi connectivity index (χ3v) is 7.57. The predicted molar refractivity (Wildman–Crippen MR) is 149 cm³/mol. The zero-order chi connectivity index (χ0) is 27.4. The number of piperidine rings is 1. The molecule has 5 rings (SSSR count). The topological polar surface area (TPSA) is 78.9 Å². The van der Waals surface area contributed by atoms with Crippen LogP contribution in [0.3, 0.4) is 0 Å². The van der Waals surface area contributed by atoms with E-state index in [4.69, 9.17) is 9.84 Å². The molecule has 2 N–H and O–H groups in total. The van der Waals surface area contributed by atoms with E-state index in [1.165, 1.54) is 52.7 Å². The SMILES string of the molecule is C[C@@H](NCC1CN(C(=O)Oc2ccc(C(=O)O)cc2)CCC1c1ccc(F)cc1)c1cccc2ccccc12. The van der Waals surface area contributed by atoms with E-state index in [-0.39, 0.29) is 29.3 Å². The minimum absolute atomic E-state index is 0.0728. The maximum absolute atomic E-state index is 13.7. The van der Waals surface area contributed by atoms with Crippen LogP contribution in [0, 0.1) is 11.7 Å². The van der Waals surface area contributed by atoms with Gasteiger partial charge in [0.25, 0.3) is 0 Å². The molecule has 6 nitrogen and oxygen atoms in total. The van der Waals surface area contributed by atoms with Crippen molar-refractivity contribution < 1.29 is 23.8 Å². The van der Waals surface area contributed by atoms with Crippen molar-refractivity contribution in [3.63, 3.8) is 0 Å². The summed E-state index contributed by atoms with van der Waals surface area (Å²) in [6.07, 6.45) is 0.246. The molecule has 4 aromatic carbocycles. The van der Waals surface area contributed by atoms with Crippen LogP contribution in [0.1, 0.15) is 46.8 Å². The molecule has 0 aromatic heterocycles. The van der Waals surface area contributed by atoms with Gasteiger partial charge in [0, 0.05) is 25.7 Å². The van der Waals surface area contributed by atoms with Gasteiger partial charge in [0.2, 0.25) is 0 Å². The number of nitrogens with zero attached hydrogens (tertiary/aromatic N) is 1. The zero-order valence-electron chi connectivity index (χ0n) is 21.7. The van der Waals surface area contributed by atoms with Gasteiger partial charge in [-0.15, -0.1) is 0 Å². The number of carbonyl (C=O) groups is 2. The smallest absolute Gasteiger partial charge is 0.415 e. The molecule has 39 heavy (non-hydrogen) atoms. The molecule has 0 aliphatic carbocycles. The van der Waals surface area contributed by atoms with E-state index in [1.54, 1.807) is 4.90 Å². The summed E-state index contributed by atoms with van der Waals surface area (Å²) in [6, 6.07) is 27.1. The second-order valence-electron chi connectivity index (χ2n) is 10.0. The fourth-order valence-electron chi connectivity index (χ4n) is 5.45. The molecular weight excluding hydrogens is 495 g/mol. The summed E-state index contributed by atoms with van der Waals surface area (Å²) in [7, 11) is 0. The minimum atomic E-state index is -1.04. The van der Waals surface area contributed by atoms with Crippen molar-refractivity contribution in [3.05, 3.63) is 114 Å². The van der Waals surface area contributed by atoms with Crippen LogP contribution in [0.25, 0.3) is 10.8 Å². The highest BCUT2D eigenvalue weighted by molar-refractivity contribution is 5.88. The molecule has 1 saturated heterocycles.